The van der Waals surface area contributed by atoms with Crippen LogP contribution in [-0.4, -0.2) is 26.9 Å². The fourth-order valence-corrected chi connectivity index (χ4v) is 1.99. The van der Waals surface area contributed by atoms with Crippen LogP contribution in [0.3, 0.4) is 0 Å². The quantitative estimate of drug-likeness (QED) is 0.884. The van der Waals surface area contributed by atoms with Gasteiger partial charge in [-0.2, -0.15) is 15.0 Å². The molecule has 0 radical (unpaired) electrons. The molecule has 0 bridgehead atoms. The molecule has 0 unspecified atom stereocenters. The van der Waals surface area contributed by atoms with Crippen molar-refractivity contribution in [1.29, 1.82) is 0 Å². The van der Waals surface area contributed by atoms with Crippen molar-refractivity contribution in [3.63, 3.8) is 0 Å². The molecule has 0 atom stereocenters. The molecular formula is C12H15BrN6. The minimum absolute atomic E-state index is 0.152. The van der Waals surface area contributed by atoms with Gasteiger partial charge in [-0.15, -0.1) is 0 Å². The Balaban J connectivity index is 2.00. The van der Waals surface area contributed by atoms with Gasteiger partial charge >= 0.3 is 0 Å². The lowest BCUT2D eigenvalue weighted by Crippen LogP contribution is -2.20. The first kappa shape index (κ1) is 13.7. The molecule has 1 aromatic heterocycles. The molecule has 2 rings (SSSR count). The summed E-state index contributed by atoms with van der Waals surface area (Å²) in [5, 5.41) is 0. The first-order valence-corrected chi connectivity index (χ1v) is 6.51. The number of nitrogens with two attached hydrogens (primary N) is 2. The zero-order valence-corrected chi connectivity index (χ0v) is 12.1. The van der Waals surface area contributed by atoms with E-state index in [-0.39, 0.29) is 11.9 Å². The Morgan fingerprint density at radius 3 is 2.16 bits per heavy atom. The van der Waals surface area contributed by atoms with Crippen LogP contribution < -0.4 is 11.5 Å². The van der Waals surface area contributed by atoms with Gasteiger partial charge in [0, 0.05) is 11.0 Å². The fraction of sp³-hybridized carbons (Fsp3) is 0.250. The number of nitrogen functional groups attached to an aromatic ring is 2. The maximum Gasteiger partial charge on any atom is 0.225 e. The normalized spacial score (nSPS) is 10.9. The molecule has 19 heavy (non-hydrogen) atoms. The minimum atomic E-state index is 0.152. The second-order valence-corrected chi connectivity index (χ2v) is 5.18. The number of rotatable bonds is 4. The van der Waals surface area contributed by atoms with Gasteiger partial charge < -0.3 is 11.5 Å². The molecule has 1 aromatic carbocycles. The number of hydrogen-bond acceptors (Lipinski definition) is 6. The summed E-state index contributed by atoms with van der Waals surface area (Å²) in [7, 11) is 1.98. The maximum absolute atomic E-state index is 5.54. The van der Waals surface area contributed by atoms with Crippen LogP contribution in [0.15, 0.2) is 28.7 Å². The summed E-state index contributed by atoms with van der Waals surface area (Å²) in [5.74, 6) is 0.878. The predicted molar refractivity (Wildman–Crippen MR) is 78.0 cm³/mol. The molecule has 0 saturated carbocycles. The highest BCUT2D eigenvalue weighted by Crippen LogP contribution is 2.12. The number of aromatic nitrogens is 3. The van der Waals surface area contributed by atoms with E-state index < -0.39 is 0 Å². The van der Waals surface area contributed by atoms with E-state index in [1.807, 2.05) is 19.2 Å². The van der Waals surface area contributed by atoms with Crippen LogP contribution >= 0.6 is 15.9 Å². The van der Waals surface area contributed by atoms with E-state index in [9.17, 15) is 0 Å². The van der Waals surface area contributed by atoms with Crippen molar-refractivity contribution in [2.45, 2.75) is 13.1 Å². The van der Waals surface area contributed by atoms with Crippen molar-refractivity contribution in [3.8, 4) is 0 Å². The van der Waals surface area contributed by atoms with E-state index in [1.54, 1.807) is 0 Å². The average Bonchev–Trinajstić information content (AvgIpc) is 2.30. The third-order valence-corrected chi connectivity index (χ3v) is 3.02. The molecule has 0 spiro atoms. The Kier molecular flexibility index (Phi) is 4.28. The maximum atomic E-state index is 5.54. The SMILES string of the molecule is CN(Cc1ccc(Br)cc1)Cc1nc(N)nc(N)n1. The average molecular weight is 323 g/mol. The third kappa shape index (κ3) is 4.15. The lowest BCUT2D eigenvalue weighted by atomic mass is 10.2. The zero-order valence-electron chi connectivity index (χ0n) is 10.5. The molecular weight excluding hydrogens is 308 g/mol. The van der Waals surface area contributed by atoms with Crippen molar-refractivity contribution < 1.29 is 0 Å². The molecule has 7 heteroatoms. The molecule has 0 fully saturated rings. The van der Waals surface area contributed by atoms with Crippen molar-refractivity contribution >= 4 is 27.8 Å². The molecule has 6 nitrogen and oxygen atoms in total. The molecule has 0 aliphatic heterocycles. The lowest BCUT2D eigenvalue weighted by Gasteiger charge is -2.15. The number of benzene rings is 1. The van der Waals surface area contributed by atoms with Gasteiger partial charge in [-0.3, -0.25) is 4.90 Å². The van der Waals surface area contributed by atoms with Gasteiger partial charge in [-0.05, 0) is 24.7 Å². The second-order valence-electron chi connectivity index (χ2n) is 4.27. The summed E-state index contributed by atoms with van der Waals surface area (Å²) in [6.07, 6.45) is 0. The third-order valence-electron chi connectivity index (χ3n) is 2.49. The molecule has 0 saturated heterocycles. The van der Waals surface area contributed by atoms with E-state index in [4.69, 9.17) is 11.5 Å². The van der Waals surface area contributed by atoms with Crippen molar-refractivity contribution in [2.75, 3.05) is 18.5 Å². The smallest absolute Gasteiger partial charge is 0.225 e. The van der Waals surface area contributed by atoms with Crippen LogP contribution in [0.1, 0.15) is 11.4 Å². The number of nitrogens with zero attached hydrogens (tertiary/aromatic N) is 4. The van der Waals surface area contributed by atoms with Crippen LogP contribution in [0, 0.1) is 0 Å². The van der Waals surface area contributed by atoms with Gasteiger partial charge in [-0.1, -0.05) is 28.1 Å². The molecule has 0 aliphatic carbocycles. The number of anilines is 2. The molecule has 2 aromatic rings. The summed E-state index contributed by atoms with van der Waals surface area (Å²) < 4.78 is 1.07. The van der Waals surface area contributed by atoms with Gasteiger partial charge in [0.25, 0.3) is 0 Å². The highest BCUT2D eigenvalue weighted by atomic mass is 79.9. The summed E-state index contributed by atoms with van der Waals surface area (Å²) in [6.45, 7) is 1.35. The van der Waals surface area contributed by atoms with Gasteiger partial charge in [0.1, 0.15) is 5.82 Å². The van der Waals surface area contributed by atoms with E-state index in [0.29, 0.717) is 12.4 Å². The van der Waals surface area contributed by atoms with Crippen molar-refractivity contribution in [3.05, 3.63) is 40.1 Å². The highest BCUT2D eigenvalue weighted by Gasteiger charge is 2.06. The van der Waals surface area contributed by atoms with Gasteiger partial charge in [0.15, 0.2) is 0 Å². The van der Waals surface area contributed by atoms with Gasteiger partial charge in [-0.25, -0.2) is 0 Å². The molecule has 1 heterocycles. The van der Waals surface area contributed by atoms with Crippen LogP contribution in [0.2, 0.25) is 0 Å². The van der Waals surface area contributed by atoms with Gasteiger partial charge in [0.05, 0.1) is 6.54 Å². The summed E-state index contributed by atoms with van der Waals surface area (Å²) >= 11 is 3.41. The molecule has 0 aliphatic rings. The predicted octanol–water partition coefficient (Wildman–Crippen LogP) is 1.43. The van der Waals surface area contributed by atoms with Crippen molar-refractivity contribution in [2.24, 2.45) is 0 Å². The fourth-order valence-electron chi connectivity index (χ4n) is 1.73. The lowest BCUT2D eigenvalue weighted by molar-refractivity contribution is 0.310. The summed E-state index contributed by atoms with van der Waals surface area (Å²) in [5.41, 5.74) is 12.3. The van der Waals surface area contributed by atoms with E-state index in [1.165, 1.54) is 5.56 Å². The summed E-state index contributed by atoms with van der Waals surface area (Å²) in [4.78, 5) is 13.9. The molecule has 100 valence electrons. The van der Waals surface area contributed by atoms with Crippen LogP contribution in [-0.2, 0) is 13.1 Å². The van der Waals surface area contributed by atoms with Crippen LogP contribution in [0.25, 0.3) is 0 Å². The van der Waals surface area contributed by atoms with Crippen LogP contribution in [0.5, 0.6) is 0 Å². The zero-order chi connectivity index (χ0) is 13.8. The first-order valence-electron chi connectivity index (χ1n) is 5.72. The summed E-state index contributed by atoms with van der Waals surface area (Å²) in [6, 6.07) is 8.16. The second kappa shape index (κ2) is 5.94. The Hall–Kier alpha value is -1.73. The minimum Gasteiger partial charge on any atom is -0.368 e. The Labute approximate surface area is 120 Å². The number of hydrogen-bond donors (Lipinski definition) is 2. The Bertz CT molecular complexity index is 536. The number of halogens is 1. The monoisotopic (exact) mass is 322 g/mol. The van der Waals surface area contributed by atoms with Gasteiger partial charge in [0.2, 0.25) is 11.9 Å². The van der Waals surface area contributed by atoms with E-state index >= 15 is 0 Å². The Morgan fingerprint density at radius 1 is 1.00 bits per heavy atom. The van der Waals surface area contributed by atoms with Crippen LogP contribution in [0.4, 0.5) is 11.9 Å². The highest BCUT2D eigenvalue weighted by molar-refractivity contribution is 9.10. The molecule has 0 amide bonds. The largest absolute Gasteiger partial charge is 0.368 e. The first-order chi connectivity index (χ1) is 9.02. The van der Waals surface area contributed by atoms with Crippen molar-refractivity contribution in [1.82, 2.24) is 19.9 Å². The standard InChI is InChI=1S/C12H15BrN6/c1-19(6-8-2-4-9(13)5-3-8)7-10-16-11(14)18-12(15)17-10/h2-5H,6-7H2,1H3,(H4,14,15,16,17,18). The van der Waals surface area contributed by atoms with E-state index in [2.05, 4.69) is 47.9 Å². The topological polar surface area (TPSA) is 94.0 Å². The Morgan fingerprint density at radius 2 is 1.58 bits per heavy atom. The van der Waals surface area contributed by atoms with E-state index in [0.717, 1.165) is 11.0 Å². The molecule has 4 N–H and O–H groups in total.